The predicted molar refractivity (Wildman–Crippen MR) is 82.5 cm³/mol. The molecule has 0 saturated carbocycles. The van der Waals surface area contributed by atoms with Gasteiger partial charge in [0.25, 0.3) is 5.56 Å². The molecule has 0 fully saturated rings. The van der Waals surface area contributed by atoms with Crippen molar-refractivity contribution in [1.29, 1.82) is 0 Å². The van der Waals surface area contributed by atoms with Crippen LogP contribution in [0, 0.1) is 5.92 Å². The van der Waals surface area contributed by atoms with E-state index < -0.39 is 0 Å². The van der Waals surface area contributed by atoms with E-state index in [0.29, 0.717) is 31.3 Å². The summed E-state index contributed by atoms with van der Waals surface area (Å²) < 4.78 is 6.74. The summed E-state index contributed by atoms with van der Waals surface area (Å²) in [7, 11) is 0. The molecule has 0 saturated heterocycles. The average molecular weight is 300 g/mol. The van der Waals surface area contributed by atoms with Crippen molar-refractivity contribution < 1.29 is 4.74 Å². The maximum Gasteiger partial charge on any atom is 0.287 e. The summed E-state index contributed by atoms with van der Waals surface area (Å²) in [5.74, 6) is 0.541. The zero-order chi connectivity index (χ0) is 15.0. The van der Waals surface area contributed by atoms with E-state index in [9.17, 15) is 4.79 Å². The highest BCUT2D eigenvalue weighted by atomic mass is 35.5. The lowest BCUT2D eigenvalue weighted by molar-refractivity contribution is 0.110. The highest BCUT2D eigenvalue weighted by Crippen LogP contribution is 2.14. The second-order valence-electron chi connectivity index (χ2n) is 4.90. The SMILES string of the molecule is C=CCn1ncc(NCCCOCC(C)C)c(Cl)c1=O. The molecule has 0 atom stereocenters. The molecule has 5 nitrogen and oxygen atoms in total. The van der Waals surface area contributed by atoms with Crippen molar-refractivity contribution in [2.75, 3.05) is 25.1 Å². The van der Waals surface area contributed by atoms with Gasteiger partial charge in [0.1, 0.15) is 5.02 Å². The van der Waals surface area contributed by atoms with Gasteiger partial charge in [-0.15, -0.1) is 6.58 Å². The van der Waals surface area contributed by atoms with Gasteiger partial charge in [-0.05, 0) is 12.3 Å². The molecule has 1 heterocycles. The minimum atomic E-state index is -0.312. The first-order valence-corrected chi connectivity index (χ1v) is 7.12. The number of anilines is 1. The van der Waals surface area contributed by atoms with Gasteiger partial charge < -0.3 is 10.1 Å². The second kappa shape index (κ2) is 8.76. The Kier molecular flexibility index (Phi) is 7.33. The minimum absolute atomic E-state index is 0.157. The fourth-order valence-electron chi connectivity index (χ4n) is 1.56. The first-order valence-electron chi connectivity index (χ1n) is 6.74. The summed E-state index contributed by atoms with van der Waals surface area (Å²) in [5, 5.41) is 7.28. The molecule has 0 aliphatic rings. The van der Waals surface area contributed by atoms with Gasteiger partial charge in [0.2, 0.25) is 0 Å². The number of rotatable bonds is 9. The van der Waals surface area contributed by atoms with E-state index in [-0.39, 0.29) is 10.6 Å². The van der Waals surface area contributed by atoms with Gasteiger partial charge in [0, 0.05) is 19.8 Å². The van der Waals surface area contributed by atoms with Crippen molar-refractivity contribution in [3.8, 4) is 0 Å². The van der Waals surface area contributed by atoms with Crippen LogP contribution >= 0.6 is 11.6 Å². The van der Waals surface area contributed by atoms with Crippen LogP contribution in [0.25, 0.3) is 0 Å². The topological polar surface area (TPSA) is 56.1 Å². The van der Waals surface area contributed by atoms with Gasteiger partial charge in [0.05, 0.1) is 18.4 Å². The van der Waals surface area contributed by atoms with Crippen LogP contribution in [0.1, 0.15) is 20.3 Å². The third-order valence-corrected chi connectivity index (χ3v) is 2.88. The van der Waals surface area contributed by atoms with Gasteiger partial charge >= 0.3 is 0 Å². The largest absolute Gasteiger partial charge is 0.382 e. The molecule has 1 N–H and O–H groups in total. The molecular formula is C14H22ClN3O2. The molecule has 1 aromatic heterocycles. The van der Waals surface area contributed by atoms with Crippen molar-refractivity contribution in [3.63, 3.8) is 0 Å². The fourth-order valence-corrected chi connectivity index (χ4v) is 1.77. The second-order valence-corrected chi connectivity index (χ2v) is 5.28. The summed E-state index contributed by atoms with van der Waals surface area (Å²) in [6, 6.07) is 0. The van der Waals surface area contributed by atoms with E-state index in [1.165, 1.54) is 4.68 Å². The van der Waals surface area contributed by atoms with Crippen LogP contribution in [0.15, 0.2) is 23.6 Å². The molecule has 0 aliphatic heterocycles. The van der Waals surface area contributed by atoms with Gasteiger partial charge in [-0.1, -0.05) is 31.5 Å². The zero-order valence-electron chi connectivity index (χ0n) is 12.1. The first-order chi connectivity index (χ1) is 9.56. The van der Waals surface area contributed by atoms with Crippen LogP contribution in [0.5, 0.6) is 0 Å². The molecular weight excluding hydrogens is 278 g/mol. The van der Waals surface area contributed by atoms with E-state index in [2.05, 4.69) is 30.8 Å². The Hall–Kier alpha value is -1.33. The standard InChI is InChI=1S/C14H22ClN3O2/c1-4-7-18-14(19)13(15)12(9-17-18)16-6-5-8-20-10-11(2)3/h4,9,11,16H,1,5-8,10H2,2-3H3. The summed E-state index contributed by atoms with van der Waals surface area (Å²) in [5.41, 5.74) is 0.244. The molecule has 0 unspecified atom stereocenters. The summed E-state index contributed by atoms with van der Waals surface area (Å²) >= 11 is 6.01. The first kappa shape index (κ1) is 16.7. The number of hydrogen-bond donors (Lipinski definition) is 1. The fraction of sp³-hybridized carbons (Fsp3) is 0.571. The summed E-state index contributed by atoms with van der Waals surface area (Å²) in [4.78, 5) is 11.8. The number of allylic oxidation sites excluding steroid dienone is 1. The quantitative estimate of drug-likeness (QED) is 0.562. The van der Waals surface area contributed by atoms with Crippen molar-refractivity contribution in [3.05, 3.63) is 34.2 Å². The monoisotopic (exact) mass is 299 g/mol. The van der Waals surface area contributed by atoms with Crippen LogP contribution in [0.3, 0.4) is 0 Å². The lowest BCUT2D eigenvalue weighted by Gasteiger charge is -2.10. The maximum atomic E-state index is 11.8. The molecule has 1 rings (SSSR count). The van der Waals surface area contributed by atoms with Gasteiger partial charge in [-0.25, -0.2) is 4.68 Å². The van der Waals surface area contributed by atoms with Crippen LogP contribution in [-0.4, -0.2) is 29.5 Å². The Labute approximate surface area is 124 Å². The van der Waals surface area contributed by atoms with Crippen molar-refractivity contribution in [2.45, 2.75) is 26.8 Å². The van der Waals surface area contributed by atoms with E-state index in [0.717, 1.165) is 13.0 Å². The molecule has 1 aromatic rings. The molecule has 20 heavy (non-hydrogen) atoms. The van der Waals surface area contributed by atoms with Gasteiger partial charge in [0.15, 0.2) is 0 Å². The highest BCUT2D eigenvalue weighted by molar-refractivity contribution is 6.32. The van der Waals surface area contributed by atoms with Crippen LogP contribution in [0.2, 0.25) is 5.02 Å². The molecule has 0 bridgehead atoms. The third kappa shape index (κ3) is 5.35. The zero-order valence-corrected chi connectivity index (χ0v) is 12.8. The van der Waals surface area contributed by atoms with E-state index in [4.69, 9.17) is 16.3 Å². The molecule has 0 spiro atoms. The number of halogens is 1. The smallest absolute Gasteiger partial charge is 0.287 e. The normalized spacial score (nSPS) is 10.8. The highest BCUT2D eigenvalue weighted by Gasteiger charge is 2.07. The lowest BCUT2D eigenvalue weighted by Crippen LogP contribution is -2.24. The Balaban J connectivity index is 2.43. The van der Waals surface area contributed by atoms with E-state index in [1.54, 1.807) is 12.3 Å². The Morgan fingerprint density at radius 2 is 2.35 bits per heavy atom. The predicted octanol–water partition coefficient (Wildman–Crippen LogP) is 2.56. The molecule has 112 valence electrons. The molecule has 0 radical (unpaired) electrons. The van der Waals surface area contributed by atoms with Crippen LogP contribution in [-0.2, 0) is 11.3 Å². The molecule has 0 aliphatic carbocycles. The number of hydrogen-bond acceptors (Lipinski definition) is 4. The van der Waals surface area contributed by atoms with Crippen molar-refractivity contribution in [2.24, 2.45) is 5.92 Å². The van der Waals surface area contributed by atoms with Gasteiger partial charge in [-0.3, -0.25) is 4.79 Å². The molecule has 0 aromatic carbocycles. The molecule has 0 amide bonds. The van der Waals surface area contributed by atoms with E-state index in [1.807, 2.05) is 0 Å². The van der Waals surface area contributed by atoms with Crippen LogP contribution < -0.4 is 10.9 Å². The number of nitrogens with zero attached hydrogens (tertiary/aromatic N) is 2. The Morgan fingerprint density at radius 3 is 3.00 bits per heavy atom. The van der Waals surface area contributed by atoms with Crippen molar-refractivity contribution in [1.82, 2.24) is 9.78 Å². The minimum Gasteiger partial charge on any atom is -0.382 e. The van der Waals surface area contributed by atoms with Crippen molar-refractivity contribution >= 4 is 17.3 Å². The summed E-state index contributed by atoms with van der Waals surface area (Å²) in [6.07, 6.45) is 4.00. The number of nitrogens with one attached hydrogen (secondary N) is 1. The summed E-state index contributed by atoms with van der Waals surface area (Å²) in [6.45, 7) is 10.3. The Morgan fingerprint density at radius 1 is 1.60 bits per heavy atom. The van der Waals surface area contributed by atoms with Crippen LogP contribution in [0.4, 0.5) is 5.69 Å². The lowest BCUT2D eigenvalue weighted by atomic mass is 10.2. The maximum absolute atomic E-state index is 11.8. The molecule has 6 heteroatoms. The Bertz CT molecular complexity index is 486. The van der Waals surface area contributed by atoms with Gasteiger partial charge in [-0.2, -0.15) is 5.10 Å². The third-order valence-electron chi connectivity index (χ3n) is 2.52. The number of ether oxygens (including phenoxy) is 1. The van der Waals surface area contributed by atoms with E-state index >= 15 is 0 Å². The number of aromatic nitrogens is 2. The average Bonchev–Trinajstić information content (AvgIpc) is 2.41.